The van der Waals surface area contributed by atoms with Crippen LogP contribution in [0.3, 0.4) is 0 Å². The molecule has 2 heterocycles. The molecule has 2 aromatic heterocycles. The maximum absolute atomic E-state index is 6.06. The topological polar surface area (TPSA) is 38.7 Å². The molecule has 0 saturated heterocycles. The third kappa shape index (κ3) is 2.97. The number of benzene rings is 1. The van der Waals surface area contributed by atoms with Crippen molar-refractivity contribution in [3.05, 3.63) is 52.0 Å². The van der Waals surface area contributed by atoms with Crippen molar-refractivity contribution < 1.29 is 0 Å². The molecule has 3 aromatic rings. The lowest BCUT2D eigenvalue weighted by molar-refractivity contribution is 0.817. The van der Waals surface area contributed by atoms with Gasteiger partial charge in [0.2, 0.25) is 0 Å². The van der Waals surface area contributed by atoms with Crippen LogP contribution in [0.2, 0.25) is 5.15 Å². The molecule has 3 rings (SSSR count). The minimum absolute atomic E-state index is 0.513. The second-order valence-corrected chi connectivity index (χ2v) is 6.10. The molecule has 5 heteroatoms. The number of hydrogen-bond donors (Lipinski definition) is 0. The van der Waals surface area contributed by atoms with E-state index in [1.165, 1.54) is 4.70 Å². The molecule has 0 atom stereocenters. The molecule has 0 radical (unpaired) electrons. The number of aryl methyl sites for hydroxylation is 1. The normalized spacial score (nSPS) is 11.1. The van der Waals surface area contributed by atoms with Crippen molar-refractivity contribution in [1.29, 1.82) is 0 Å². The quantitative estimate of drug-likeness (QED) is 0.675. The Morgan fingerprint density at radius 3 is 2.80 bits per heavy atom. The van der Waals surface area contributed by atoms with Crippen LogP contribution in [0, 0.1) is 0 Å². The van der Waals surface area contributed by atoms with Gasteiger partial charge in [-0.15, -0.1) is 11.3 Å². The third-order valence-electron chi connectivity index (χ3n) is 2.94. The number of thiazole rings is 1. The van der Waals surface area contributed by atoms with Crippen molar-refractivity contribution in [2.45, 2.75) is 26.2 Å². The Balaban J connectivity index is 1.90. The third-order valence-corrected chi connectivity index (χ3v) is 4.17. The molecule has 20 heavy (non-hydrogen) atoms. The fourth-order valence-corrected chi connectivity index (χ4v) is 3.30. The van der Waals surface area contributed by atoms with Gasteiger partial charge < -0.3 is 0 Å². The predicted molar refractivity (Wildman–Crippen MR) is 83.5 cm³/mol. The van der Waals surface area contributed by atoms with Gasteiger partial charge in [0, 0.05) is 12.8 Å². The van der Waals surface area contributed by atoms with E-state index in [0.29, 0.717) is 11.6 Å². The maximum Gasteiger partial charge on any atom is 0.133 e. The zero-order valence-electron chi connectivity index (χ0n) is 11.1. The van der Waals surface area contributed by atoms with Gasteiger partial charge in [0.1, 0.15) is 11.0 Å². The number of para-hydroxylation sites is 1. The van der Waals surface area contributed by atoms with Crippen LogP contribution in [-0.4, -0.2) is 15.0 Å². The summed E-state index contributed by atoms with van der Waals surface area (Å²) in [5, 5.41) is 1.57. The van der Waals surface area contributed by atoms with Gasteiger partial charge in [0.05, 0.1) is 20.9 Å². The van der Waals surface area contributed by atoms with Crippen LogP contribution in [-0.2, 0) is 12.8 Å². The van der Waals surface area contributed by atoms with Crippen molar-refractivity contribution in [3.8, 4) is 0 Å². The van der Waals surface area contributed by atoms with E-state index in [2.05, 4.69) is 27.9 Å². The Bertz CT molecular complexity index is 706. The maximum atomic E-state index is 6.06. The minimum atomic E-state index is 0.513. The molecule has 0 aliphatic carbocycles. The first-order valence-electron chi connectivity index (χ1n) is 6.61. The van der Waals surface area contributed by atoms with Gasteiger partial charge in [-0.25, -0.2) is 15.0 Å². The van der Waals surface area contributed by atoms with E-state index < -0.39 is 0 Å². The van der Waals surface area contributed by atoms with Crippen molar-refractivity contribution >= 4 is 33.2 Å². The first-order chi connectivity index (χ1) is 9.74. The largest absolute Gasteiger partial charge is 0.241 e. The Kier molecular flexibility index (Phi) is 3.94. The summed E-state index contributed by atoms with van der Waals surface area (Å²) in [5.41, 5.74) is 1.98. The van der Waals surface area contributed by atoms with E-state index in [0.717, 1.165) is 34.9 Å². The van der Waals surface area contributed by atoms with Crippen LogP contribution >= 0.6 is 22.9 Å². The molecule has 0 unspecified atom stereocenters. The van der Waals surface area contributed by atoms with Crippen LogP contribution in [0.5, 0.6) is 0 Å². The minimum Gasteiger partial charge on any atom is -0.241 e. The molecule has 102 valence electrons. The van der Waals surface area contributed by atoms with Gasteiger partial charge in [-0.05, 0) is 24.6 Å². The number of fused-ring (bicyclic) bond motifs is 1. The second kappa shape index (κ2) is 5.85. The van der Waals surface area contributed by atoms with Gasteiger partial charge in [-0.2, -0.15) is 0 Å². The predicted octanol–water partition coefficient (Wildman–Crippen LogP) is 4.28. The highest BCUT2D eigenvalue weighted by Crippen LogP contribution is 2.23. The standard InChI is InChI=1S/C15H14ClN3S/c1-2-5-14-17-10(8-13(16)19-14)9-15-18-11-6-3-4-7-12(11)20-15/h3-4,6-8H,2,5,9H2,1H3. The van der Waals surface area contributed by atoms with Crippen LogP contribution in [0.25, 0.3) is 10.2 Å². The number of rotatable bonds is 4. The average molecular weight is 304 g/mol. The first-order valence-corrected chi connectivity index (χ1v) is 7.81. The highest BCUT2D eigenvalue weighted by atomic mass is 35.5. The van der Waals surface area contributed by atoms with Crippen LogP contribution in [0.15, 0.2) is 30.3 Å². The number of hydrogen-bond acceptors (Lipinski definition) is 4. The van der Waals surface area contributed by atoms with E-state index in [4.69, 9.17) is 11.6 Å². The fraction of sp³-hybridized carbons (Fsp3) is 0.267. The molecule has 0 aliphatic heterocycles. The molecule has 0 spiro atoms. The van der Waals surface area contributed by atoms with Crippen molar-refractivity contribution in [2.75, 3.05) is 0 Å². The first kappa shape index (κ1) is 13.5. The highest BCUT2D eigenvalue weighted by Gasteiger charge is 2.08. The lowest BCUT2D eigenvalue weighted by atomic mass is 10.2. The van der Waals surface area contributed by atoms with E-state index >= 15 is 0 Å². The summed E-state index contributed by atoms with van der Waals surface area (Å²) in [4.78, 5) is 13.4. The summed E-state index contributed by atoms with van der Waals surface area (Å²) in [6.07, 6.45) is 2.58. The molecular formula is C15H14ClN3S. The van der Waals surface area contributed by atoms with Gasteiger partial charge in [-0.1, -0.05) is 30.7 Å². The van der Waals surface area contributed by atoms with E-state index in [9.17, 15) is 0 Å². The summed E-state index contributed by atoms with van der Waals surface area (Å²) in [6.45, 7) is 2.11. The van der Waals surface area contributed by atoms with Gasteiger partial charge in [-0.3, -0.25) is 0 Å². The Morgan fingerprint density at radius 1 is 1.15 bits per heavy atom. The number of halogens is 1. The monoisotopic (exact) mass is 303 g/mol. The molecule has 0 N–H and O–H groups in total. The zero-order chi connectivity index (χ0) is 13.9. The van der Waals surface area contributed by atoms with Gasteiger partial charge in [0.25, 0.3) is 0 Å². The molecule has 0 amide bonds. The molecule has 0 aliphatic rings. The van der Waals surface area contributed by atoms with Crippen LogP contribution in [0.4, 0.5) is 0 Å². The molecular weight excluding hydrogens is 290 g/mol. The molecule has 3 nitrogen and oxygen atoms in total. The molecule has 0 bridgehead atoms. The van der Waals surface area contributed by atoms with Crippen molar-refractivity contribution in [1.82, 2.24) is 15.0 Å². The molecule has 1 aromatic carbocycles. The second-order valence-electron chi connectivity index (χ2n) is 4.60. The fourth-order valence-electron chi connectivity index (χ4n) is 2.09. The summed E-state index contributed by atoms with van der Waals surface area (Å²) in [5.74, 6) is 0.816. The van der Waals surface area contributed by atoms with E-state index in [1.807, 2.05) is 24.3 Å². The lowest BCUT2D eigenvalue weighted by Crippen LogP contribution is -2.00. The summed E-state index contributed by atoms with van der Waals surface area (Å²) in [6, 6.07) is 9.99. The number of nitrogens with zero attached hydrogens (tertiary/aromatic N) is 3. The zero-order valence-corrected chi connectivity index (χ0v) is 12.7. The lowest BCUT2D eigenvalue weighted by Gasteiger charge is -2.02. The van der Waals surface area contributed by atoms with Gasteiger partial charge >= 0.3 is 0 Å². The van der Waals surface area contributed by atoms with Crippen LogP contribution in [0.1, 0.15) is 29.9 Å². The number of aromatic nitrogens is 3. The highest BCUT2D eigenvalue weighted by molar-refractivity contribution is 7.18. The van der Waals surface area contributed by atoms with E-state index in [1.54, 1.807) is 11.3 Å². The SMILES string of the molecule is CCCc1nc(Cl)cc(Cc2nc3ccccc3s2)n1. The van der Waals surface area contributed by atoms with Crippen molar-refractivity contribution in [2.24, 2.45) is 0 Å². The summed E-state index contributed by atoms with van der Waals surface area (Å²) >= 11 is 7.77. The molecule has 0 fully saturated rings. The summed E-state index contributed by atoms with van der Waals surface area (Å²) < 4.78 is 1.21. The smallest absolute Gasteiger partial charge is 0.133 e. The Morgan fingerprint density at radius 2 is 2.00 bits per heavy atom. The average Bonchev–Trinajstić information content (AvgIpc) is 2.80. The molecule has 0 saturated carbocycles. The Hall–Kier alpha value is -1.52. The van der Waals surface area contributed by atoms with E-state index in [-0.39, 0.29) is 0 Å². The van der Waals surface area contributed by atoms with Crippen molar-refractivity contribution in [3.63, 3.8) is 0 Å². The van der Waals surface area contributed by atoms with Crippen LogP contribution < -0.4 is 0 Å². The van der Waals surface area contributed by atoms with Gasteiger partial charge in [0.15, 0.2) is 0 Å². The Labute approximate surface area is 126 Å². The summed E-state index contributed by atoms with van der Waals surface area (Å²) in [7, 11) is 0.